The first kappa shape index (κ1) is 16.2. The van der Waals surface area contributed by atoms with Crippen molar-refractivity contribution in [3.63, 3.8) is 0 Å². The van der Waals surface area contributed by atoms with E-state index in [2.05, 4.69) is 5.32 Å². The highest BCUT2D eigenvalue weighted by atomic mass is 35.5. The largest absolute Gasteiger partial charge is 0.507 e. The van der Waals surface area contributed by atoms with Crippen LogP contribution in [0.3, 0.4) is 0 Å². The van der Waals surface area contributed by atoms with Crippen LogP contribution in [0.15, 0.2) is 47.4 Å². The number of halogens is 1. The lowest BCUT2D eigenvalue weighted by molar-refractivity contribution is -0.113. The number of aromatic carboxylic acids is 1. The van der Waals surface area contributed by atoms with E-state index in [0.29, 0.717) is 10.7 Å². The summed E-state index contributed by atoms with van der Waals surface area (Å²) in [6.45, 7) is 0. The quantitative estimate of drug-likeness (QED) is 0.574. The SMILES string of the molecule is O=C(CSc1ccc(Cl)cc1)Nc1ccc(O)c(C(=O)O)c1. The fraction of sp³-hybridized carbons (Fsp3) is 0.0667. The predicted octanol–water partition coefficient (Wildman–Crippen LogP) is 3.47. The van der Waals surface area contributed by atoms with E-state index in [9.17, 15) is 14.7 Å². The number of carboxylic acids is 1. The molecule has 0 aliphatic rings. The number of nitrogens with one attached hydrogen (secondary N) is 1. The van der Waals surface area contributed by atoms with E-state index in [1.54, 1.807) is 12.1 Å². The molecule has 0 saturated carbocycles. The Morgan fingerprint density at radius 3 is 2.45 bits per heavy atom. The summed E-state index contributed by atoms with van der Waals surface area (Å²) in [5.41, 5.74) is 0.0556. The van der Waals surface area contributed by atoms with Crippen LogP contribution >= 0.6 is 23.4 Å². The maximum atomic E-state index is 11.9. The second kappa shape index (κ2) is 7.20. The standard InChI is InChI=1S/C15H12ClNO4S/c16-9-1-4-11(5-2-9)22-8-14(19)17-10-3-6-13(18)12(7-10)15(20)21/h1-7,18H,8H2,(H,17,19)(H,20,21). The van der Waals surface area contributed by atoms with Gasteiger partial charge in [0.25, 0.3) is 0 Å². The summed E-state index contributed by atoms with van der Waals surface area (Å²) in [6, 6.07) is 11.0. The molecule has 1 amide bonds. The lowest BCUT2D eigenvalue weighted by Crippen LogP contribution is -2.14. The maximum Gasteiger partial charge on any atom is 0.339 e. The second-order valence-electron chi connectivity index (χ2n) is 4.33. The molecule has 2 rings (SSSR count). The number of carbonyl (C=O) groups is 2. The third kappa shape index (κ3) is 4.41. The summed E-state index contributed by atoms with van der Waals surface area (Å²) in [6.07, 6.45) is 0. The molecule has 114 valence electrons. The van der Waals surface area contributed by atoms with E-state index in [0.717, 1.165) is 4.90 Å². The minimum absolute atomic E-state index is 0.172. The minimum Gasteiger partial charge on any atom is -0.507 e. The monoisotopic (exact) mass is 337 g/mol. The zero-order valence-electron chi connectivity index (χ0n) is 11.2. The molecular formula is C15H12ClNO4S. The van der Waals surface area contributed by atoms with E-state index in [1.165, 1.54) is 30.0 Å². The van der Waals surface area contributed by atoms with Crippen LogP contribution in [0.1, 0.15) is 10.4 Å². The first-order valence-corrected chi connectivity index (χ1v) is 7.56. The summed E-state index contributed by atoms with van der Waals surface area (Å²) in [5.74, 6) is -1.71. The molecule has 0 bridgehead atoms. The summed E-state index contributed by atoms with van der Waals surface area (Å²) in [4.78, 5) is 23.7. The van der Waals surface area contributed by atoms with Crippen molar-refractivity contribution in [3.8, 4) is 5.75 Å². The van der Waals surface area contributed by atoms with Gasteiger partial charge in [-0.3, -0.25) is 4.79 Å². The van der Waals surface area contributed by atoms with Gasteiger partial charge in [0.1, 0.15) is 11.3 Å². The van der Waals surface area contributed by atoms with Crippen molar-refractivity contribution < 1.29 is 19.8 Å². The summed E-state index contributed by atoms with van der Waals surface area (Å²) < 4.78 is 0. The zero-order chi connectivity index (χ0) is 16.1. The van der Waals surface area contributed by atoms with Crippen molar-refractivity contribution in [3.05, 3.63) is 53.1 Å². The van der Waals surface area contributed by atoms with Gasteiger partial charge in [-0.1, -0.05) is 11.6 Å². The Balaban J connectivity index is 1.96. The Kier molecular flexibility index (Phi) is 5.30. The van der Waals surface area contributed by atoms with Crippen LogP contribution in [0.2, 0.25) is 5.02 Å². The first-order chi connectivity index (χ1) is 10.5. The molecule has 7 heteroatoms. The zero-order valence-corrected chi connectivity index (χ0v) is 12.8. The van der Waals surface area contributed by atoms with Crippen LogP contribution in [-0.4, -0.2) is 27.8 Å². The highest BCUT2D eigenvalue weighted by Gasteiger charge is 2.11. The molecule has 0 aliphatic heterocycles. The molecule has 0 fully saturated rings. The molecule has 5 nitrogen and oxygen atoms in total. The fourth-order valence-corrected chi connectivity index (χ4v) is 2.49. The van der Waals surface area contributed by atoms with E-state index in [4.69, 9.17) is 16.7 Å². The van der Waals surface area contributed by atoms with Gasteiger partial charge >= 0.3 is 5.97 Å². The van der Waals surface area contributed by atoms with Crippen LogP contribution in [-0.2, 0) is 4.79 Å². The molecule has 0 aromatic heterocycles. The van der Waals surface area contributed by atoms with Gasteiger partial charge in [-0.2, -0.15) is 0 Å². The highest BCUT2D eigenvalue weighted by Crippen LogP contribution is 2.23. The summed E-state index contributed by atoms with van der Waals surface area (Å²) >= 11 is 7.11. The van der Waals surface area contributed by atoms with Gasteiger partial charge in [0.15, 0.2) is 0 Å². The van der Waals surface area contributed by atoms with Gasteiger partial charge < -0.3 is 15.5 Å². The molecule has 0 unspecified atom stereocenters. The number of aromatic hydroxyl groups is 1. The third-order valence-corrected chi connectivity index (χ3v) is 3.96. The Morgan fingerprint density at radius 1 is 1.14 bits per heavy atom. The van der Waals surface area contributed by atoms with Gasteiger partial charge in [0.2, 0.25) is 5.91 Å². The number of carbonyl (C=O) groups excluding carboxylic acids is 1. The van der Waals surface area contributed by atoms with Gasteiger partial charge in [-0.05, 0) is 42.5 Å². The smallest absolute Gasteiger partial charge is 0.339 e. The molecule has 0 radical (unpaired) electrons. The van der Waals surface area contributed by atoms with Gasteiger partial charge in [-0.15, -0.1) is 11.8 Å². The number of hydrogen-bond donors (Lipinski definition) is 3. The van der Waals surface area contributed by atoms with E-state index in [1.807, 2.05) is 12.1 Å². The van der Waals surface area contributed by atoms with Crippen molar-refractivity contribution in [2.75, 3.05) is 11.1 Å². The number of benzene rings is 2. The highest BCUT2D eigenvalue weighted by molar-refractivity contribution is 8.00. The molecule has 3 N–H and O–H groups in total. The van der Waals surface area contributed by atoms with Crippen LogP contribution in [0.25, 0.3) is 0 Å². The van der Waals surface area contributed by atoms with Gasteiger partial charge in [0, 0.05) is 15.6 Å². The number of hydrogen-bond acceptors (Lipinski definition) is 4. The molecule has 22 heavy (non-hydrogen) atoms. The van der Waals surface area contributed by atoms with Crippen LogP contribution < -0.4 is 5.32 Å². The van der Waals surface area contributed by atoms with Gasteiger partial charge in [0.05, 0.1) is 5.75 Å². The molecule has 0 aliphatic carbocycles. The average molecular weight is 338 g/mol. The lowest BCUT2D eigenvalue weighted by atomic mass is 10.2. The minimum atomic E-state index is -1.26. The molecule has 0 heterocycles. The molecule has 0 atom stereocenters. The molecule has 0 saturated heterocycles. The van der Waals surface area contributed by atoms with E-state index < -0.39 is 5.97 Å². The second-order valence-corrected chi connectivity index (χ2v) is 5.81. The Labute approximate surface area is 135 Å². The number of phenols is 1. The maximum absolute atomic E-state index is 11.9. The third-order valence-electron chi connectivity index (χ3n) is 2.69. The predicted molar refractivity (Wildman–Crippen MR) is 85.9 cm³/mol. The number of amides is 1. The molecular weight excluding hydrogens is 326 g/mol. The van der Waals surface area contributed by atoms with Crippen LogP contribution in [0, 0.1) is 0 Å². The van der Waals surface area contributed by atoms with E-state index in [-0.39, 0.29) is 23.0 Å². The number of carboxylic acid groups (broad SMARTS) is 1. The lowest BCUT2D eigenvalue weighted by Gasteiger charge is -2.07. The average Bonchev–Trinajstić information content (AvgIpc) is 2.48. The molecule has 0 spiro atoms. The fourth-order valence-electron chi connectivity index (χ4n) is 1.66. The summed E-state index contributed by atoms with van der Waals surface area (Å²) in [5, 5.41) is 21.5. The number of thioether (sulfide) groups is 1. The van der Waals surface area contributed by atoms with E-state index >= 15 is 0 Å². The van der Waals surface area contributed by atoms with Gasteiger partial charge in [-0.25, -0.2) is 4.79 Å². The van der Waals surface area contributed by atoms with Crippen molar-refractivity contribution in [1.29, 1.82) is 0 Å². The van der Waals surface area contributed by atoms with Crippen molar-refractivity contribution in [2.45, 2.75) is 4.90 Å². The van der Waals surface area contributed by atoms with Crippen LogP contribution in [0.4, 0.5) is 5.69 Å². The molecule has 2 aromatic rings. The Morgan fingerprint density at radius 2 is 1.82 bits per heavy atom. The van der Waals surface area contributed by atoms with Crippen LogP contribution in [0.5, 0.6) is 5.75 Å². The Hall–Kier alpha value is -2.18. The topological polar surface area (TPSA) is 86.6 Å². The van der Waals surface area contributed by atoms with Crippen molar-refractivity contribution in [2.24, 2.45) is 0 Å². The summed E-state index contributed by atoms with van der Waals surface area (Å²) in [7, 11) is 0. The normalized spacial score (nSPS) is 10.2. The molecule has 2 aromatic carbocycles. The number of anilines is 1. The Bertz CT molecular complexity index is 703. The number of rotatable bonds is 5. The first-order valence-electron chi connectivity index (χ1n) is 6.20. The van der Waals surface area contributed by atoms with Crippen molar-refractivity contribution in [1.82, 2.24) is 0 Å². The van der Waals surface area contributed by atoms with Crippen molar-refractivity contribution >= 4 is 40.9 Å².